The smallest absolute Gasteiger partial charge is 0.150 e. The van der Waals surface area contributed by atoms with Crippen LogP contribution < -0.4 is 4.90 Å². The van der Waals surface area contributed by atoms with Gasteiger partial charge in [0.15, 0.2) is 0 Å². The van der Waals surface area contributed by atoms with Crippen LogP contribution in [0, 0.1) is 12.8 Å². The van der Waals surface area contributed by atoms with E-state index in [9.17, 15) is 5.11 Å². The van der Waals surface area contributed by atoms with E-state index in [1.165, 1.54) is 0 Å². The Hall–Kier alpha value is -1.16. The molecule has 94 valence electrons. The van der Waals surface area contributed by atoms with Crippen LogP contribution in [0.25, 0.3) is 0 Å². The molecule has 2 heterocycles. The minimum atomic E-state index is -0.540. The van der Waals surface area contributed by atoms with Crippen molar-refractivity contribution in [3.8, 4) is 0 Å². The first-order valence-electron chi connectivity index (χ1n) is 6.29. The van der Waals surface area contributed by atoms with Gasteiger partial charge < -0.3 is 10.0 Å². The number of anilines is 1. The van der Waals surface area contributed by atoms with Crippen LogP contribution in [-0.2, 0) is 0 Å². The van der Waals surface area contributed by atoms with Crippen molar-refractivity contribution >= 4 is 5.82 Å². The molecule has 1 N–H and O–H groups in total. The van der Waals surface area contributed by atoms with Gasteiger partial charge in [0.05, 0.1) is 11.3 Å². The van der Waals surface area contributed by atoms with Gasteiger partial charge in [0, 0.05) is 31.4 Å². The Labute approximate surface area is 103 Å². The normalized spacial score (nSPS) is 29.4. The van der Waals surface area contributed by atoms with E-state index in [0.717, 1.165) is 37.4 Å². The summed E-state index contributed by atoms with van der Waals surface area (Å²) in [6.07, 6.45) is 5.23. The van der Waals surface area contributed by atoms with Crippen molar-refractivity contribution in [2.45, 2.75) is 39.2 Å². The fourth-order valence-electron chi connectivity index (χ4n) is 2.59. The molecule has 0 bridgehead atoms. The van der Waals surface area contributed by atoms with Gasteiger partial charge in [-0.05, 0) is 26.7 Å². The van der Waals surface area contributed by atoms with Crippen LogP contribution in [0.5, 0.6) is 0 Å². The minimum absolute atomic E-state index is 0.303. The van der Waals surface area contributed by atoms with E-state index in [1.807, 2.05) is 13.8 Å². The average molecular weight is 235 g/mol. The Morgan fingerprint density at radius 1 is 1.47 bits per heavy atom. The van der Waals surface area contributed by atoms with Gasteiger partial charge in [-0.2, -0.15) is 0 Å². The minimum Gasteiger partial charge on any atom is -0.390 e. The summed E-state index contributed by atoms with van der Waals surface area (Å²) in [5.74, 6) is 1.26. The fraction of sp³-hybridized carbons (Fsp3) is 0.692. The molecule has 4 heteroatoms. The van der Waals surface area contributed by atoms with E-state index in [4.69, 9.17) is 0 Å². The maximum Gasteiger partial charge on any atom is 0.150 e. The van der Waals surface area contributed by atoms with Crippen LogP contribution in [0.15, 0.2) is 12.4 Å². The van der Waals surface area contributed by atoms with Crippen molar-refractivity contribution in [3.05, 3.63) is 18.1 Å². The summed E-state index contributed by atoms with van der Waals surface area (Å²) in [6, 6.07) is 0. The lowest BCUT2D eigenvalue weighted by atomic mass is 9.81. The van der Waals surface area contributed by atoms with Crippen molar-refractivity contribution in [2.75, 3.05) is 18.0 Å². The predicted molar refractivity (Wildman–Crippen MR) is 68.0 cm³/mol. The molecule has 0 aromatic carbocycles. The molecule has 1 aliphatic heterocycles. The number of aryl methyl sites for hydroxylation is 1. The van der Waals surface area contributed by atoms with E-state index in [-0.39, 0.29) is 0 Å². The molecule has 1 fully saturated rings. The summed E-state index contributed by atoms with van der Waals surface area (Å²) in [6.45, 7) is 7.77. The molecule has 0 saturated carbocycles. The molecular weight excluding hydrogens is 214 g/mol. The van der Waals surface area contributed by atoms with E-state index in [2.05, 4.69) is 21.8 Å². The summed E-state index contributed by atoms with van der Waals surface area (Å²) in [5.41, 5.74) is 0.422. The maximum absolute atomic E-state index is 10.3. The van der Waals surface area contributed by atoms with E-state index < -0.39 is 5.60 Å². The van der Waals surface area contributed by atoms with Gasteiger partial charge in [-0.1, -0.05) is 6.92 Å². The van der Waals surface area contributed by atoms with E-state index >= 15 is 0 Å². The second-order valence-electron chi connectivity index (χ2n) is 5.12. The number of hydrogen-bond donors (Lipinski definition) is 1. The zero-order valence-electron chi connectivity index (χ0n) is 10.8. The van der Waals surface area contributed by atoms with Gasteiger partial charge in [-0.3, -0.25) is 4.98 Å². The molecular formula is C13H21N3O. The number of aromatic nitrogens is 2. The fourth-order valence-corrected chi connectivity index (χ4v) is 2.59. The lowest BCUT2D eigenvalue weighted by molar-refractivity contribution is -0.0184. The van der Waals surface area contributed by atoms with Crippen LogP contribution in [-0.4, -0.2) is 33.8 Å². The third kappa shape index (κ3) is 2.41. The van der Waals surface area contributed by atoms with Crippen LogP contribution >= 0.6 is 0 Å². The van der Waals surface area contributed by atoms with Gasteiger partial charge in [0.25, 0.3) is 0 Å². The van der Waals surface area contributed by atoms with Crippen LogP contribution in [0.2, 0.25) is 0 Å². The van der Waals surface area contributed by atoms with E-state index in [0.29, 0.717) is 5.92 Å². The third-order valence-corrected chi connectivity index (χ3v) is 3.86. The highest BCUT2D eigenvalue weighted by Crippen LogP contribution is 2.32. The molecule has 17 heavy (non-hydrogen) atoms. The second kappa shape index (κ2) is 4.61. The number of nitrogens with zero attached hydrogens (tertiary/aromatic N) is 3. The topological polar surface area (TPSA) is 49.2 Å². The number of aliphatic hydroxyl groups is 1. The number of rotatable bonds is 2. The largest absolute Gasteiger partial charge is 0.390 e. The number of hydrogen-bond acceptors (Lipinski definition) is 4. The lowest BCUT2D eigenvalue weighted by Gasteiger charge is -2.43. The number of piperidine rings is 1. The van der Waals surface area contributed by atoms with Crippen molar-refractivity contribution in [1.82, 2.24) is 9.97 Å². The molecule has 2 rings (SSSR count). The van der Waals surface area contributed by atoms with Gasteiger partial charge >= 0.3 is 0 Å². The van der Waals surface area contributed by atoms with Gasteiger partial charge in [0.2, 0.25) is 0 Å². The molecule has 0 radical (unpaired) electrons. The lowest BCUT2D eigenvalue weighted by Crippen LogP contribution is -2.50. The average Bonchev–Trinajstić information content (AvgIpc) is 2.30. The first-order valence-corrected chi connectivity index (χ1v) is 6.29. The molecule has 0 amide bonds. The molecule has 0 unspecified atom stereocenters. The summed E-state index contributed by atoms with van der Waals surface area (Å²) in [7, 11) is 0. The molecule has 1 saturated heterocycles. The molecule has 2 atom stereocenters. The SMILES string of the molecule is CC[C@H]1CN(c2nccnc2C)CC[C@@]1(C)O. The summed E-state index contributed by atoms with van der Waals surface area (Å²) < 4.78 is 0. The molecule has 1 aliphatic rings. The van der Waals surface area contributed by atoms with Crippen molar-refractivity contribution in [2.24, 2.45) is 5.92 Å². The molecule has 1 aromatic heterocycles. The highest BCUT2D eigenvalue weighted by atomic mass is 16.3. The van der Waals surface area contributed by atoms with E-state index in [1.54, 1.807) is 12.4 Å². The predicted octanol–water partition coefficient (Wildman–Crippen LogP) is 1.77. The van der Waals surface area contributed by atoms with Gasteiger partial charge in [0.1, 0.15) is 5.82 Å². The zero-order valence-corrected chi connectivity index (χ0v) is 10.8. The highest BCUT2D eigenvalue weighted by Gasteiger charge is 2.37. The molecule has 0 spiro atoms. The molecule has 4 nitrogen and oxygen atoms in total. The van der Waals surface area contributed by atoms with Crippen molar-refractivity contribution < 1.29 is 5.11 Å². The Balaban J connectivity index is 2.18. The van der Waals surface area contributed by atoms with Crippen LogP contribution in [0.3, 0.4) is 0 Å². The summed E-state index contributed by atoms with van der Waals surface area (Å²) in [4.78, 5) is 10.9. The Morgan fingerprint density at radius 2 is 2.18 bits per heavy atom. The van der Waals surface area contributed by atoms with Crippen LogP contribution in [0.4, 0.5) is 5.82 Å². The first kappa shape index (κ1) is 12.3. The Bertz CT molecular complexity index is 392. The summed E-state index contributed by atoms with van der Waals surface area (Å²) in [5, 5.41) is 10.3. The van der Waals surface area contributed by atoms with Gasteiger partial charge in [-0.25, -0.2) is 4.98 Å². The zero-order chi connectivity index (χ0) is 12.5. The molecule has 0 aliphatic carbocycles. The third-order valence-electron chi connectivity index (χ3n) is 3.86. The maximum atomic E-state index is 10.3. The Kier molecular flexibility index (Phi) is 3.33. The second-order valence-corrected chi connectivity index (χ2v) is 5.12. The first-order chi connectivity index (χ1) is 8.04. The quantitative estimate of drug-likeness (QED) is 0.848. The van der Waals surface area contributed by atoms with Crippen LogP contribution in [0.1, 0.15) is 32.4 Å². The molecule has 1 aromatic rings. The van der Waals surface area contributed by atoms with Crippen molar-refractivity contribution in [1.29, 1.82) is 0 Å². The summed E-state index contributed by atoms with van der Waals surface area (Å²) >= 11 is 0. The highest BCUT2D eigenvalue weighted by molar-refractivity contribution is 5.43. The Morgan fingerprint density at radius 3 is 2.82 bits per heavy atom. The van der Waals surface area contributed by atoms with Gasteiger partial charge in [-0.15, -0.1) is 0 Å². The van der Waals surface area contributed by atoms with Crippen molar-refractivity contribution in [3.63, 3.8) is 0 Å². The standard InChI is InChI=1S/C13H21N3O/c1-4-11-9-16(8-5-13(11,3)17)12-10(2)14-6-7-15-12/h6-7,11,17H,4-5,8-9H2,1-3H3/t11-,13+/m0/s1. The monoisotopic (exact) mass is 235 g/mol.